The van der Waals surface area contributed by atoms with E-state index in [0.29, 0.717) is 19.1 Å². The van der Waals surface area contributed by atoms with Gasteiger partial charge in [-0.2, -0.15) is 0 Å². The van der Waals surface area contributed by atoms with Gasteiger partial charge in [-0.1, -0.05) is 0 Å². The first kappa shape index (κ1) is 13.8. The molecular formula is C13H24N2O3S. The van der Waals surface area contributed by atoms with Gasteiger partial charge in [0.05, 0.1) is 18.5 Å². The second-order valence-electron chi connectivity index (χ2n) is 6.26. The van der Waals surface area contributed by atoms with Crippen LogP contribution in [0.5, 0.6) is 0 Å². The number of rotatable bonds is 2. The van der Waals surface area contributed by atoms with Crippen LogP contribution in [0.3, 0.4) is 0 Å². The number of nitrogens with zero attached hydrogens (tertiary/aromatic N) is 2. The second kappa shape index (κ2) is 4.98. The number of hydrogen-bond donors (Lipinski definition) is 0. The average molecular weight is 288 g/mol. The lowest BCUT2D eigenvalue weighted by molar-refractivity contribution is -0.0315. The Balaban J connectivity index is 1.59. The van der Waals surface area contributed by atoms with Crippen molar-refractivity contribution in [1.29, 1.82) is 0 Å². The fraction of sp³-hybridized carbons (Fsp3) is 1.00. The number of likely N-dealkylation sites (tertiary alicyclic amines) is 1. The summed E-state index contributed by atoms with van der Waals surface area (Å²) in [7, 11) is -3.03. The molecule has 0 bridgehead atoms. The summed E-state index contributed by atoms with van der Waals surface area (Å²) < 4.78 is 30.8. The molecule has 0 radical (unpaired) electrons. The van der Waals surface area contributed by atoms with Crippen LogP contribution in [-0.2, 0) is 14.8 Å². The van der Waals surface area contributed by atoms with Gasteiger partial charge < -0.3 is 4.74 Å². The Kier molecular flexibility index (Phi) is 3.62. The van der Waals surface area contributed by atoms with Crippen molar-refractivity contribution in [2.45, 2.75) is 43.7 Å². The van der Waals surface area contributed by atoms with E-state index in [-0.39, 0.29) is 5.60 Å². The first-order valence-corrected chi connectivity index (χ1v) is 9.17. The number of sulfonamides is 1. The Bertz CT molecular complexity index is 423. The van der Waals surface area contributed by atoms with Crippen molar-refractivity contribution < 1.29 is 13.2 Å². The molecule has 3 heterocycles. The molecule has 0 N–H and O–H groups in total. The van der Waals surface area contributed by atoms with Crippen molar-refractivity contribution in [2.75, 3.05) is 39.0 Å². The quantitative estimate of drug-likeness (QED) is 0.749. The summed E-state index contributed by atoms with van der Waals surface area (Å²) in [5.74, 6) is 0. The molecule has 0 aromatic carbocycles. The predicted molar refractivity (Wildman–Crippen MR) is 73.5 cm³/mol. The Morgan fingerprint density at radius 1 is 1.11 bits per heavy atom. The number of hydrogen-bond acceptors (Lipinski definition) is 4. The Morgan fingerprint density at radius 3 is 2.32 bits per heavy atom. The fourth-order valence-corrected chi connectivity index (χ4v) is 4.58. The zero-order valence-corrected chi connectivity index (χ0v) is 12.5. The average Bonchev–Trinajstić information content (AvgIpc) is 2.98. The molecule has 5 nitrogen and oxygen atoms in total. The van der Waals surface area contributed by atoms with Crippen LogP contribution in [0.15, 0.2) is 0 Å². The van der Waals surface area contributed by atoms with E-state index in [4.69, 9.17) is 4.74 Å². The van der Waals surface area contributed by atoms with E-state index in [1.165, 1.54) is 32.2 Å². The van der Waals surface area contributed by atoms with E-state index in [1.54, 1.807) is 4.31 Å². The van der Waals surface area contributed by atoms with Gasteiger partial charge in [0, 0.05) is 19.1 Å². The molecule has 6 heteroatoms. The molecule has 3 rings (SSSR count). The molecule has 3 saturated heterocycles. The molecule has 0 saturated carbocycles. The topological polar surface area (TPSA) is 49.9 Å². The van der Waals surface area contributed by atoms with E-state index >= 15 is 0 Å². The van der Waals surface area contributed by atoms with Gasteiger partial charge in [0.2, 0.25) is 10.0 Å². The largest absolute Gasteiger partial charge is 0.373 e. The molecular weight excluding hydrogens is 264 g/mol. The third kappa shape index (κ3) is 2.82. The lowest BCUT2D eigenvalue weighted by Crippen LogP contribution is -2.46. The van der Waals surface area contributed by atoms with Crippen molar-refractivity contribution in [3.63, 3.8) is 0 Å². The zero-order chi connectivity index (χ0) is 13.5. The maximum Gasteiger partial charge on any atom is 0.211 e. The van der Waals surface area contributed by atoms with E-state index in [1.807, 2.05) is 0 Å². The highest BCUT2D eigenvalue weighted by molar-refractivity contribution is 7.88. The smallest absolute Gasteiger partial charge is 0.211 e. The molecule has 0 aliphatic carbocycles. The summed E-state index contributed by atoms with van der Waals surface area (Å²) in [6.45, 7) is 4.48. The molecule has 110 valence electrons. The van der Waals surface area contributed by atoms with Gasteiger partial charge in [0.15, 0.2) is 0 Å². The molecule has 3 fully saturated rings. The molecule has 19 heavy (non-hydrogen) atoms. The minimum atomic E-state index is -3.03. The van der Waals surface area contributed by atoms with E-state index in [9.17, 15) is 8.42 Å². The van der Waals surface area contributed by atoms with Crippen LogP contribution in [0.1, 0.15) is 32.1 Å². The lowest BCUT2D eigenvalue weighted by Gasteiger charge is -2.37. The van der Waals surface area contributed by atoms with Gasteiger partial charge >= 0.3 is 0 Å². The summed E-state index contributed by atoms with van der Waals surface area (Å²) in [5, 5.41) is 0. The lowest BCUT2D eigenvalue weighted by atomic mass is 9.88. The highest BCUT2D eigenvalue weighted by atomic mass is 32.2. The van der Waals surface area contributed by atoms with Crippen LogP contribution in [0.25, 0.3) is 0 Å². The summed E-state index contributed by atoms with van der Waals surface area (Å²) >= 11 is 0. The maximum atomic E-state index is 11.5. The molecule has 1 atom stereocenters. The minimum absolute atomic E-state index is 0.0472. The van der Waals surface area contributed by atoms with Crippen molar-refractivity contribution in [3.05, 3.63) is 0 Å². The molecule has 0 amide bonds. The van der Waals surface area contributed by atoms with Crippen molar-refractivity contribution in [3.8, 4) is 0 Å². The number of ether oxygens (including phenoxy) is 1. The van der Waals surface area contributed by atoms with Gasteiger partial charge in [0.1, 0.15) is 0 Å². The predicted octanol–water partition coefficient (Wildman–Crippen LogP) is 0.665. The van der Waals surface area contributed by atoms with Crippen molar-refractivity contribution in [2.24, 2.45) is 0 Å². The van der Waals surface area contributed by atoms with Gasteiger partial charge in [-0.3, -0.25) is 4.90 Å². The summed E-state index contributed by atoms with van der Waals surface area (Å²) in [6, 6.07) is 0.562. The highest BCUT2D eigenvalue weighted by Gasteiger charge is 2.45. The third-order valence-electron chi connectivity index (χ3n) is 4.95. The van der Waals surface area contributed by atoms with Crippen LogP contribution in [-0.4, -0.2) is 68.3 Å². The maximum absolute atomic E-state index is 11.5. The van der Waals surface area contributed by atoms with Gasteiger partial charge in [-0.25, -0.2) is 12.7 Å². The molecule has 0 aromatic heterocycles. The van der Waals surface area contributed by atoms with Gasteiger partial charge in [-0.15, -0.1) is 0 Å². The SMILES string of the molecule is CS(=O)(=O)N1CCC2(CC1)CC(N1CCCC1)CO2. The first-order valence-electron chi connectivity index (χ1n) is 7.32. The van der Waals surface area contributed by atoms with E-state index in [2.05, 4.69) is 4.90 Å². The Hall–Kier alpha value is -0.170. The standard InChI is InChI=1S/C13H24N2O3S/c1-19(16,17)15-8-4-13(5-9-15)10-12(11-18-13)14-6-2-3-7-14/h12H,2-11H2,1H3. The van der Waals surface area contributed by atoms with Crippen LogP contribution in [0, 0.1) is 0 Å². The molecule has 3 aliphatic rings. The number of piperidine rings is 1. The fourth-order valence-electron chi connectivity index (χ4n) is 3.74. The zero-order valence-electron chi connectivity index (χ0n) is 11.7. The van der Waals surface area contributed by atoms with Gasteiger partial charge in [0.25, 0.3) is 0 Å². The minimum Gasteiger partial charge on any atom is -0.373 e. The van der Waals surface area contributed by atoms with E-state index < -0.39 is 10.0 Å². The summed E-state index contributed by atoms with van der Waals surface area (Å²) in [6.07, 6.45) is 6.71. The van der Waals surface area contributed by atoms with Crippen LogP contribution < -0.4 is 0 Å². The van der Waals surface area contributed by atoms with Crippen LogP contribution in [0.4, 0.5) is 0 Å². The molecule has 3 aliphatic heterocycles. The van der Waals surface area contributed by atoms with Gasteiger partial charge in [-0.05, 0) is 45.2 Å². The Morgan fingerprint density at radius 2 is 1.74 bits per heavy atom. The highest BCUT2D eigenvalue weighted by Crippen LogP contribution is 2.38. The summed E-state index contributed by atoms with van der Waals surface area (Å²) in [4.78, 5) is 2.55. The third-order valence-corrected chi connectivity index (χ3v) is 6.25. The molecule has 0 aromatic rings. The Labute approximate surface area is 115 Å². The monoisotopic (exact) mass is 288 g/mol. The second-order valence-corrected chi connectivity index (χ2v) is 8.24. The molecule has 1 unspecified atom stereocenters. The van der Waals surface area contributed by atoms with Crippen molar-refractivity contribution >= 4 is 10.0 Å². The summed E-state index contributed by atoms with van der Waals surface area (Å²) in [5.41, 5.74) is -0.0472. The van der Waals surface area contributed by atoms with Crippen LogP contribution in [0.2, 0.25) is 0 Å². The van der Waals surface area contributed by atoms with E-state index in [0.717, 1.165) is 25.9 Å². The molecule has 1 spiro atoms. The first-order chi connectivity index (χ1) is 8.99. The normalized spacial score (nSPS) is 33.2. The van der Waals surface area contributed by atoms with Crippen LogP contribution >= 0.6 is 0 Å². The van der Waals surface area contributed by atoms with Crippen molar-refractivity contribution in [1.82, 2.24) is 9.21 Å².